The predicted molar refractivity (Wildman–Crippen MR) is 113 cm³/mol. The summed E-state index contributed by atoms with van der Waals surface area (Å²) in [6.45, 7) is 1.53. The lowest BCUT2D eigenvalue weighted by molar-refractivity contribution is 0.198. The van der Waals surface area contributed by atoms with Gasteiger partial charge in [0.2, 0.25) is 0 Å². The number of aromatic nitrogens is 2. The number of halogens is 1. The number of benzene rings is 1. The van der Waals surface area contributed by atoms with Crippen molar-refractivity contribution in [3.63, 3.8) is 0 Å². The van der Waals surface area contributed by atoms with Gasteiger partial charge in [-0.1, -0.05) is 11.6 Å². The van der Waals surface area contributed by atoms with Gasteiger partial charge in [-0.25, -0.2) is 9.97 Å². The molecule has 1 aromatic carbocycles. The largest absolute Gasteiger partial charge is 0.391 e. The second kappa shape index (κ2) is 7.24. The van der Waals surface area contributed by atoms with E-state index in [-0.39, 0.29) is 6.10 Å². The molecule has 0 bridgehead atoms. The fraction of sp³-hybridized carbons (Fsp3) is 0.400. The van der Waals surface area contributed by atoms with E-state index in [1.807, 2.05) is 35.6 Å². The fourth-order valence-corrected chi connectivity index (χ4v) is 6.08. The molecule has 5 rings (SSSR count). The minimum atomic E-state index is -0.256. The molecule has 1 fully saturated rings. The summed E-state index contributed by atoms with van der Waals surface area (Å²) in [5, 5.41) is 12.0. The van der Waals surface area contributed by atoms with E-state index in [0.717, 1.165) is 58.0 Å². The van der Waals surface area contributed by atoms with Crippen LogP contribution in [0.25, 0.3) is 10.2 Å². The van der Waals surface area contributed by atoms with Crippen molar-refractivity contribution in [1.82, 2.24) is 9.97 Å². The Morgan fingerprint density at radius 2 is 2.07 bits per heavy atom. The third kappa shape index (κ3) is 3.44. The van der Waals surface area contributed by atoms with E-state index in [0.29, 0.717) is 6.54 Å². The van der Waals surface area contributed by atoms with Gasteiger partial charge in [-0.3, -0.25) is 0 Å². The van der Waals surface area contributed by atoms with Crippen LogP contribution in [0.4, 0.5) is 5.82 Å². The number of fused-ring (bicyclic) bond motifs is 3. The average Bonchev–Trinajstić information content (AvgIpc) is 3.36. The molecule has 0 spiro atoms. The SMILES string of the molecule is O[C@H]1CCN(c2nc(CSc3ccc(Cl)cc3)nc3sc4c(c23)CCC4)C1. The Morgan fingerprint density at radius 1 is 1.22 bits per heavy atom. The van der Waals surface area contributed by atoms with Crippen molar-refractivity contribution >= 4 is 50.7 Å². The molecule has 1 N–H and O–H groups in total. The Kier molecular flexibility index (Phi) is 4.76. The van der Waals surface area contributed by atoms with Crippen LogP contribution in [0.2, 0.25) is 5.02 Å². The first-order valence-corrected chi connectivity index (χ1v) is 11.5. The molecule has 4 nitrogen and oxygen atoms in total. The molecular formula is C20H20ClN3OS2. The molecule has 2 aliphatic rings. The number of aliphatic hydroxyl groups excluding tert-OH is 1. The van der Waals surface area contributed by atoms with Crippen molar-refractivity contribution < 1.29 is 5.11 Å². The second-order valence-electron chi connectivity index (χ2n) is 7.13. The second-order valence-corrected chi connectivity index (χ2v) is 9.70. The fourth-order valence-electron chi connectivity index (χ4n) is 3.93. The van der Waals surface area contributed by atoms with Crippen molar-refractivity contribution in [1.29, 1.82) is 0 Å². The van der Waals surface area contributed by atoms with Crippen LogP contribution >= 0.6 is 34.7 Å². The van der Waals surface area contributed by atoms with Crippen LogP contribution in [0.1, 0.15) is 29.1 Å². The zero-order valence-corrected chi connectivity index (χ0v) is 17.2. The first-order chi connectivity index (χ1) is 13.2. The Hall–Kier alpha value is -1.34. The smallest absolute Gasteiger partial charge is 0.142 e. The van der Waals surface area contributed by atoms with Crippen LogP contribution in [0.5, 0.6) is 0 Å². The number of thioether (sulfide) groups is 1. The molecule has 0 unspecified atom stereocenters. The highest BCUT2D eigenvalue weighted by Crippen LogP contribution is 2.41. The zero-order chi connectivity index (χ0) is 18.4. The molecular weight excluding hydrogens is 398 g/mol. The molecule has 7 heteroatoms. The molecule has 1 atom stereocenters. The van der Waals surface area contributed by atoms with Gasteiger partial charge in [0, 0.05) is 27.9 Å². The highest BCUT2D eigenvalue weighted by atomic mass is 35.5. The maximum absolute atomic E-state index is 10.0. The van der Waals surface area contributed by atoms with Gasteiger partial charge in [0.05, 0.1) is 17.2 Å². The number of hydrogen-bond acceptors (Lipinski definition) is 6. The third-order valence-corrected chi connectivity index (χ3v) is 7.68. The molecule has 1 aliphatic heterocycles. The number of nitrogens with zero attached hydrogens (tertiary/aromatic N) is 3. The quantitative estimate of drug-likeness (QED) is 0.623. The summed E-state index contributed by atoms with van der Waals surface area (Å²) < 4.78 is 0. The molecule has 0 saturated carbocycles. The number of aryl methyl sites for hydroxylation is 2. The van der Waals surface area contributed by atoms with Crippen molar-refractivity contribution in [2.75, 3.05) is 18.0 Å². The van der Waals surface area contributed by atoms with E-state index in [1.165, 1.54) is 22.2 Å². The van der Waals surface area contributed by atoms with Gasteiger partial charge in [-0.05, 0) is 55.5 Å². The predicted octanol–water partition coefficient (Wildman–Crippen LogP) is 4.70. The summed E-state index contributed by atoms with van der Waals surface area (Å²) in [6.07, 6.45) is 4.07. The highest BCUT2D eigenvalue weighted by Gasteiger charge is 2.28. The topological polar surface area (TPSA) is 49.2 Å². The molecule has 3 heterocycles. The summed E-state index contributed by atoms with van der Waals surface area (Å²) in [5.74, 6) is 2.62. The number of aliphatic hydroxyl groups is 1. The van der Waals surface area contributed by atoms with E-state index in [9.17, 15) is 5.11 Å². The first-order valence-electron chi connectivity index (χ1n) is 9.30. The Balaban J connectivity index is 1.50. The van der Waals surface area contributed by atoms with E-state index in [1.54, 1.807) is 11.8 Å². The van der Waals surface area contributed by atoms with E-state index >= 15 is 0 Å². The average molecular weight is 418 g/mol. The Labute approximate surface area is 171 Å². The van der Waals surface area contributed by atoms with Gasteiger partial charge in [-0.2, -0.15) is 0 Å². The summed E-state index contributed by atoms with van der Waals surface area (Å²) in [4.78, 5) is 15.8. The lowest BCUT2D eigenvalue weighted by atomic mass is 10.2. The minimum absolute atomic E-state index is 0.256. The Morgan fingerprint density at radius 3 is 2.85 bits per heavy atom. The normalized spacial score (nSPS) is 19.2. The van der Waals surface area contributed by atoms with Crippen LogP contribution in [0.3, 0.4) is 0 Å². The highest BCUT2D eigenvalue weighted by molar-refractivity contribution is 7.98. The molecule has 140 valence electrons. The van der Waals surface area contributed by atoms with Crippen molar-refractivity contribution in [2.24, 2.45) is 0 Å². The molecule has 0 amide bonds. The van der Waals surface area contributed by atoms with Gasteiger partial charge < -0.3 is 10.0 Å². The summed E-state index contributed by atoms with van der Waals surface area (Å²) in [5.41, 5.74) is 1.45. The zero-order valence-electron chi connectivity index (χ0n) is 14.8. The van der Waals surface area contributed by atoms with Crippen LogP contribution in [0, 0.1) is 0 Å². The number of rotatable bonds is 4. The monoisotopic (exact) mass is 417 g/mol. The maximum Gasteiger partial charge on any atom is 0.142 e. The van der Waals surface area contributed by atoms with Crippen LogP contribution in [0.15, 0.2) is 29.2 Å². The summed E-state index contributed by atoms with van der Waals surface area (Å²) in [6, 6.07) is 7.88. The van der Waals surface area contributed by atoms with Crippen molar-refractivity contribution in [3.8, 4) is 0 Å². The molecule has 1 saturated heterocycles. The van der Waals surface area contributed by atoms with Crippen LogP contribution < -0.4 is 4.90 Å². The van der Waals surface area contributed by atoms with Crippen LogP contribution in [-0.2, 0) is 18.6 Å². The van der Waals surface area contributed by atoms with Crippen LogP contribution in [-0.4, -0.2) is 34.3 Å². The number of β-amino-alcohol motifs (C(OH)–C–C–N with tert-alkyl or cyclic N) is 1. The standard InChI is InChI=1S/C20H20ClN3OS2/c21-12-4-6-14(7-5-12)26-11-17-22-19(24-9-8-13(25)10-24)18-15-2-1-3-16(15)27-20(18)23-17/h4-7,13,25H,1-3,8-11H2/t13-/m0/s1. The van der Waals surface area contributed by atoms with Crippen molar-refractivity contribution in [2.45, 2.75) is 42.4 Å². The van der Waals surface area contributed by atoms with Gasteiger partial charge in [0.25, 0.3) is 0 Å². The lowest BCUT2D eigenvalue weighted by Gasteiger charge is -2.19. The first kappa shape index (κ1) is 17.7. The minimum Gasteiger partial charge on any atom is -0.391 e. The van der Waals surface area contributed by atoms with E-state index in [2.05, 4.69) is 4.90 Å². The molecule has 2 aromatic heterocycles. The van der Waals surface area contributed by atoms with Crippen molar-refractivity contribution in [3.05, 3.63) is 45.6 Å². The van der Waals surface area contributed by atoms with Gasteiger partial charge >= 0.3 is 0 Å². The van der Waals surface area contributed by atoms with Gasteiger partial charge in [0.1, 0.15) is 16.5 Å². The maximum atomic E-state index is 10.0. The lowest BCUT2D eigenvalue weighted by Crippen LogP contribution is -2.23. The third-order valence-electron chi connectivity index (χ3n) is 5.24. The van der Waals surface area contributed by atoms with E-state index in [4.69, 9.17) is 21.6 Å². The number of thiophene rings is 1. The molecule has 0 radical (unpaired) electrons. The Bertz CT molecular complexity index is 989. The van der Waals surface area contributed by atoms with Gasteiger partial charge in [-0.15, -0.1) is 23.1 Å². The summed E-state index contributed by atoms with van der Waals surface area (Å²) >= 11 is 9.53. The summed E-state index contributed by atoms with van der Waals surface area (Å²) in [7, 11) is 0. The molecule has 3 aromatic rings. The molecule has 27 heavy (non-hydrogen) atoms. The molecule has 1 aliphatic carbocycles. The van der Waals surface area contributed by atoms with E-state index < -0.39 is 0 Å². The van der Waals surface area contributed by atoms with Gasteiger partial charge in [0.15, 0.2) is 0 Å². The number of hydrogen-bond donors (Lipinski definition) is 1. The number of anilines is 1.